The number of furan rings is 1. The first-order valence-electron chi connectivity index (χ1n) is 9.34. The van der Waals surface area contributed by atoms with Crippen molar-refractivity contribution in [2.45, 2.75) is 46.6 Å². The predicted molar refractivity (Wildman–Crippen MR) is 104 cm³/mol. The van der Waals surface area contributed by atoms with E-state index in [9.17, 15) is 4.79 Å². The van der Waals surface area contributed by atoms with E-state index in [1.165, 1.54) is 0 Å². The summed E-state index contributed by atoms with van der Waals surface area (Å²) in [7, 11) is 0. The summed E-state index contributed by atoms with van der Waals surface area (Å²) >= 11 is 0. The zero-order valence-electron chi connectivity index (χ0n) is 16.2. The molecule has 1 aliphatic rings. The van der Waals surface area contributed by atoms with Gasteiger partial charge in [-0.1, -0.05) is 32.0 Å². The summed E-state index contributed by atoms with van der Waals surface area (Å²) < 4.78 is 7.60. The molecule has 4 rings (SSSR count). The van der Waals surface area contributed by atoms with Gasteiger partial charge in [-0.3, -0.25) is 4.79 Å². The van der Waals surface area contributed by atoms with Crippen LogP contribution in [0.4, 0.5) is 0 Å². The fourth-order valence-electron chi connectivity index (χ4n) is 4.05. The molecule has 1 aliphatic carbocycles. The molecule has 0 unspecified atom stereocenters. The molecule has 2 aromatic heterocycles. The molecule has 2 heterocycles. The average Bonchev–Trinajstić information content (AvgIpc) is 3.17. The van der Waals surface area contributed by atoms with Gasteiger partial charge in [0.15, 0.2) is 5.76 Å². The van der Waals surface area contributed by atoms with Gasteiger partial charge in [0, 0.05) is 11.1 Å². The van der Waals surface area contributed by atoms with Crippen LogP contribution in [0.25, 0.3) is 5.69 Å². The predicted octanol–water partition coefficient (Wildman–Crippen LogP) is 4.53. The van der Waals surface area contributed by atoms with Crippen LogP contribution in [0.5, 0.6) is 0 Å². The zero-order chi connectivity index (χ0) is 19.2. The molecule has 0 saturated heterocycles. The molecule has 1 atom stereocenters. The van der Waals surface area contributed by atoms with Crippen molar-refractivity contribution in [1.82, 2.24) is 15.1 Å². The number of para-hydroxylation sites is 1. The number of aromatic nitrogens is 2. The largest absolute Gasteiger partial charge is 0.456 e. The smallest absolute Gasteiger partial charge is 0.287 e. The van der Waals surface area contributed by atoms with E-state index >= 15 is 0 Å². The summed E-state index contributed by atoms with van der Waals surface area (Å²) in [4.78, 5) is 12.8. The van der Waals surface area contributed by atoms with Gasteiger partial charge in [0.05, 0.1) is 23.6 Å². The minimum atomic E-state index is -0.165. The molecule has 27 heavy (non-hydrogen) atoms. The van der Waals surface area contributed by atoms with E-state index in [2.05, 4.69) is 36.4 Å². The second-order valence-corrected chi connectivity index (χ2v) is 8.23. The minimum absolute atomic E-state index is 0.0611. The van der Waals surface area contributed by atoms with Crippen molar-refractivity contribution in [3.8, 4) is 5.69 Å². The van der Waals surface area contributed by atoms with E-state index < -0.39 is 0 Å². The number of amides is 1. The molecule has 0 bridgehead atoms. The highest BCUT2D eigenvalue weighted by Gasteiger charge is 2.36. The fourth-order valence-corrected chi connectivity index (χ4v) is 4.05. The van der Waals surface area contributed by atoms with Crippen LogP contribution < -0.4 is 5.32 Å². The molecule has 1 N–H and O–H groups in total. The Morgan fingerprint density at radius 1 is 1.26 bits per heavy atom. The lowest BCUT2D eigenvalue weighted by Crippen LogP contribution is -2.36. The summed E-state index contributed by atoms with van der Waals surface area (Å²) in [6.07, 6.45) is 3.68. The Labute approximate surface area is 159 Å². The van der Waals surface area contributed by atoms with Crippen molar-refractivity contribution in [2.24, 2.45) is 5.41 Å². The first kappa shape index (κ1) is 17.6. The van der Waals surface area contributed by atoms with Gasteiger partial charge in [-0.25, -0.2) is 4.68 Å². The summed E-state index contributed by atoms with van der Waals surface area (Å²) in [5.41, 5.74) is 4.22. The maximum Gasteiger partial charge on any atom is 0.287 e. The Morgan fingerprint density at radius 2 is 2.00 bits per heavy atom. The monoisotopic (exact) mass is 363 g/mol. The van der Waals surface area contributed by atoms with Crippen LogP contribution in [-0.4, -0.2) is 15.7 Å². The van der Waals surface area contributed by atoms with E-state index in [1.54, 1.807) is 0 Å². The van der Waals surface area contributed by atoms with Crippen molar-refractivity contribution in [1.29, 1.82) is 0 Å². The number of carbonyl (C=O) groups is 1. The van der Waals surface area contributed by atoms with E-state index in [1.807, 2.05) is 49.0 Å². The van der Waals surface area contributed by atoms with Gasteiger partial charge in [-0.2, -0.15) is 5.10 Å². The quantitative estimate of drug-likeness (QED) is 0.744. The number of benzene rings is 1. The topological polar surface area (TPSA) is 60.1 Å². The Bertz CT molecular complexity index is 982. The second-order valence-electron chi connectivity index (χ2n) is 8.23. The van der Waals surface area contributed by atoms with Crippen molar-refractivity contribution >= 4 is 5.91 Å². The number of nitrogens with one attached hydrogen (secondary N) is 1. The van der Waals surface area contributed by atoms with Gasteiger partial charge in [-0.15, -0.1) is 0 Å². The van der Waals surface area contributed by atoms with Crippen LogP contribution in [0.3, 0.4) is 0 Å². The van der Waals surface area contributed by atoms with Gasteiger partial charge in [0.2, 0.25) is 0 Å². The molecule has 5 heteroatoms. The third-order valence-electron chi connectivity index (χ3n) is 5.23. The first-order valence-corrected chi connectivity index (χ1v) is 9.34. The van der Waals surface area contributed by atoms with Crippen LogP contribution in [0.15, 0.2) is 47.0 Å². The molecule has 0 fully saturated rings. The lowest BCUT2D eigenvalue weighted by Gasteiger charge is -2.35. The highest BCUT2D eigenvalue weighted by molar-refractivity contribution is 5.93. The van der Waals surface area contributed by atoms with Crippen molar-refractivity contribution in [3.63, 3.8) is 0 Å². The molecular formula is C22H25N3O2. The van der Waals surface area contributed by atoms with Crippen LogP contribution in [0, 0.1) is 19.3 Å². The van der Waals surface area contributed by atoms with E-state index in [0.717, 1.165) is 41.1 Å². The molecular weight excluding hydrogens is 338 g/mol. The lowest BCUT2D eigenvalue weighted by atomic mass is 9.74. The number of hydrogen-bond donors (Lipinski definition) is 1. The number of carbonyl (C=O) groups excluding carboxylic acids is 1. The molecule has 3 aromatic rings. The molecule has 0 aliphatic heterocycles. The lowest BCUT2D eigenvalue weighted by molar-refractivity contribution is 0.0889. The maximum atomic E-state index is 12.8. The summed E-state index contributed by atoms with van der Waals surface area (Å²) in [6, 6.07) is 11.9. The van der Waals surface area contributed by atoms with Crippen LogP contribution in [-0.2, 0) is 6.42 Å². The minimum Gasteiger partial charge on any atom is -0.456 e. The summed E-state index contributed by atoms with van der Waals surface area (Å²) in [5, 5.41) is 7.81. The number of aryl methyl sites for hydroxylation is 2. The molecule has 140 valence electrons. The van der Waals surface area contributed by atoms with Gasteiger partial charge < -0.3 is 9.73 Å². The number of nitrogens with zero attached hydrogens (tertiary/aromatic N) is 2. The highest BCUT2D eigenvalue weighted by Crippen LogP contribution is 2.41. The van der Waals surface area contributed by atoms with Crippen LogP contribution in [0.2, 0.25) is 0 Å². The number of hydrogen-bond acceptors (Lipinski definition) is 3. The number of fused-ring (bicyclic) bond motifs is 1. The molecule has 1 aromatic carbocycles. The van der Waals surface area contributed by atoms with Crippen molar-refractivity contribution in [3.05, 3.63) is 70.9 Å². The van der Waals surface area contributed by atoms with E-state index in [0.29, 0.717) is 5.76 Å². The Morgan fingerprint density at radius 3 is 2.67 bits per heavy atom. The SMILES string of the molecule is Cc1cc(C)c(C(=O)N[C@@H]2CC(C)(C)Cc3c2cnn3-c2ccccc2)o1. The Hall–Kier alpha value is -2.82. The first-order chi connectivity index (χ1) is 12.8. The maximum absolute atomic E-state index is 12.8. The molecule has 0 spiro atoms. The van der Waals surface area contributed by atoms with Crippen molar-refractivity contribution < 1.29 is 9.21 Å². The third-order valence-corrected chi connectivity index (χ3v) is 5.23. The Balaban J connectivity index is 1.69. The Kier molecular flexibility index (Phi) is 4.17. The molecule has 0 radical (unpaired) electrons. The standard InChI is InChI=1S/C22H25N3O2/c1-14-10-15(2)27-20(14)21(26)24-18-11-22(3,4)12-19-17(18)13-23-25(19)16-8-6-5-7-9-16/h5-10,13,18H,11-12H2,1-4H3,(H,24,26)/t18-/m1/s1. The molecule has 1 amide bonds. The normalized spacial score (nSPS) is 18.1. The molecule has 0 saturated carbocycles. The van der Waals surface area contributed by atoms with Gasteiger partial charge in [-0.05, 0) is 50.3 Å². The molecule has 5 nitrogen and oxygen atoms in total. The van der Waals surface area contributed by atoms with Gasteiger partial charge in [0.1, 0.15) is 5.76 Å². The zero-order valence-corrected chi connectivity index (χ0v) is 16.2. The summed E-state index contributed by atoms with van der Waals surface area (Å²) in [6.45, 7) is 8.23. The summed E-state index contributed by atoms with van der Waals surface area (Å²) in [5.74, 6) is 0.980. The highest BCUT2D eigenvalue weighted by atomic mass is 16.3. The van der Waals surface area contributed by atoms with Crippen LogP contribution in [0.1, 0.15) is 59.4 Å². The second kappa shape index (κ2) is 6.41. The van der Waals surface area contributed by atoms with Crippen LogP contribution >= 0.6 is 0 Å². The van der Waals surface area contributed by atoms with E-state index in [-0.39, 0.29) is 17.4 Å². The third kappa shape index (κ3) is 3.29. The van der Waals surface area contributed by atoms with Gasteiger partial charge >= 0.3 is 0 Å². The number of rotatable bonds is 3. The van der Waals surface area contributed by atoms with Gasteiger partial charge in [0.25, 0.3) is 5.91 Å². The van der Waals surface area contributed by atoms with Crippen molar-refractivity contribution in [2.75, 3.05) is 0 Å². The van der Waals surface area contributed by atoms with E-state index in [4.69, 9.17) is 4.42 Å². The fraction of sp³-hybridized carbons (Fsp3) is 0.364. The average molecular weight is 363 g/mol.